The fraction of sp³-hybridized carbons (Fsp3) is 0.667. The quantitative estimate of drug-likeness (QED) is 0.319. The van der Waals surface area contributed by atoms with Gasteiger partial charge in [-0.15, -0.1) is 6.58 Å². The second-order valence-electron chi connectivity index (χ2n) is 3.59. The minimum atomic E-state index is 0.859. The number of hydrogen-bond donors (Lipinski definition) is 0. The summed E-state index contributed by atoms with van der Waals surface area (Å²) in [6.07, 6.45) is 10.5. The first-order chi connectivity index (χ1) is 7.60. The molecule has 0 radical (unpaired) electrons. The van der Waals surface area contributed by atoms with Gasteiger partial charge in [0.25, 0.3) is 0 Å². The van der Waals surface area contributed by atoms with Crippen LogP contribution in [0, 0.1) is 0 Å². The molecule has 0 rings (SSSR count). The Balaban J connectivity index is -0.000000172. The molecule has 96 valence electrons. The van der Waals surface area contributed by atoms with Crippen molar-refractivity contribution in [3.8, 4) is 0 Å². The molecule has 1 nitrogen and oxygen atoms in total. The maximum Gasteiger partial charge on any atom is 0.0296 e. The fourth-order valence-corrected chi connectivity index (χ4v) is 0.897. The van der Waals surface area contributed by atoms with E-state index in [-0.39, 0.29) is 0 Å². The number of rotatable bonds is 5. The molecule has 0 aliphatic carbocycles. The highest BCUT2D eigenvalue weighted by molar-refractivity contribution is 5.54. The lowest BCUT2D eigenvalue weighted by Gasteiger charge is -1.90. The van der Waals surface area contributed by atoms with Gasteiger partial charge in [0.1, 0.15) is 0 Å². The van der Waals surface area contributed by atoms with Crippen LogP contribution in [0.25, 0.3) is 0 Å². The number of aliphatic imine (C=N–C) groups is 1. The summed E-state index contributed by atoms with van der Waals surface area (Å²) in [6.45, 7) is 17.0. The first kappa shape index (κ1) is 20.5. The van der Waals surface area contributed by atoms with Crippen LogP contribution in [0.15, 0.2) is 29.9 Å². The normalized spacial score (nSPS) is 8.56. The lowest BCUT2D eigenvalue weighted by atomic mass is 10.2. The van der Waals surface area contributed by atoms with Gasteiger partial charge in [-0.25, -0.2) is 0 Å². The van der Waals surface area contributed by atoms with Gasteiger partial charge in [0.05, 0.1) is 0 Å². The highest BCUT2D eigenvalue weighted by atomic mass is 14.7. The summed E-state index contributed by atoms with van der Waals surface area (Å²) in [5, 5.41) is 0. The third-order valence-electron chi connectivity index (χ3n) is 1.56. The zero-order valence-corrected chi connectivity index (χ0v) is 12.1. The molecule has 0 unspecified atom stereocenters. The van der Waals surface area contributed by atoms with E-state index in [0.29, 0.717) is 0 Å². The summed E-state index contributed by atoms with van der Waals surface area (Å²) >= 11 is 0. The maximum absolute atomic E-state index is 3.81. The third kappa shape index (κ3) is 51.3. The van der Waals surface area contributed by atoms with Crippen LogP contribution in [-0.4, -0.2) is 6.21 Å². The molecule has 0 saturated carbocycles. The predicted molar refractivity (Wildman–Crippen MR) is 79.3 cm³/mol. The Bertz CT molecular complexity index is 153. The van der Waals surface area contributed by atoms with Crippen molar-refractivity contribution in [1.82, 2.24) is 0 Å². The minimum Gasteiger partial charge on any atom is -0.267 e. The van der Waals surface area contributed by atoms with Crippen LogP contribution in [0.3, 0.4) is 0 Å². The van der Waals surface area contributed by atoms with Gasteiger partial charge in [0.15, 0.2) is 0 Å². The Morgan fingerprint density at radius 3 is 1.56 bits per heavy atom. The van der Waals surface area contributed by atoms with Crippen LogP contribution in [0.4, 0.5) is 0 Å². The third-order valence-corrected chi connectivity index (χ3v) is 1.56. The van der Waals surface area contributed by atoms with Gasteiger partial charge in [0.2, 0.25) is 0 Å². The number of allylic oxidation sites excluding steroid dienone is 2. The van der Waals surface area contributed by atoms with E-state index in [2.05, 4.69) is 32.0 Å². The van der Waals surface area contributed by atoms with Crippen molar-refractivity contribution in [1.29, 1.82) is 0 Å². The SMILES string of the molecule is C=C(C)N=CC.C=CC.CCCCCCC. The average molecular weight is 225 g/mol. The standard InChI is InChI=1S/C7H16.C5H9N.C3H6/c1-3-5-7-6-4-2;1-4-6-5(2)3;1-3-2/h3-7H2,1-2H3;4H,2H2,1,3H3;3H,1H2,2H3. The van der Waals surface area contributed by atoms with Crippen molar-refractivity contribution in [3.05, 3.63) is 24.9 Å². The molecule has 0 atom stereocenters. The van der Waals surface area contributed by atoms with Crippen molar-refractivity contribution < 1.29 is 0 Å². The largest absolute Gasteiger partial charge is 0.267 e. The Labute approximate surface area is 103 Å². The highest BCUT2D eigenvalue weighted by Gasteiger charge is 1.80. The zero-order valence-electron chi connectivity index (χ0n) is 12.1. The summed E-state index contributed by atoms with van der Waals surface area (Å²) < 4.78 is 0. The molecule has 0 saturated heterocycles. The van der Waals surface area contributed by atoms with Gasteiger partial charge >= 0.3 is 0 Å². The molecule has 1 heteroatoms. The molecule has 0 amide bonds. The van der Waals surface area contributed by atoms with E-state index in [9.17, 15) is 0 Å². The van der Waals surface area contributed by atoms with Crippen LogP contribution in [0.5, 0.6) is 0 Å². The first-order valence-corrected chi connectivity index (χ1v) is 6.31. The van der Waals surface area contributed by atoms with Crippen molar-refractivity contribution in [2.24, 2.45) is 4.99 Å². The number of hydrogen-bond acceptors (Lipinski definition) is 1. The van der Waals surface area contributed by atoms with Crippen LogP contribution in [0.1, 0.15) is 66.7 Å². The maximum atomic E-state index is 3.81. The fourth-order valence-electron chi connectivity index (χ4n) is 0.897. The molecule has 0 N–H and O–H groups in total. The van der Waals surface area contributed by atoms with E-state index in [1.54, 1.807) is 12.3 Å². The molecule has 0 heterocycles. The molecule has 0 bridgehead atoms. The van der Waals surface area contributed by atoms with E-state index in [1.165, 1.54) is 32.1 Å². The van der Waals surface area contributed by atoms with Gasteiger partial charge in [-0.1, -0.05) is 58.6 Å². The zero-order chi connectivity index (χ0) is 13.2. The Morgan fingerprint density at radius 1 is 1.06 bits per heavy atom. The molecule has 0 fully saturated rings. The lowest BCUT2D eigenvalue weighted by Crippen LogP contribution is -1.70. The first-order valence-electron chi connectivity index (χ1n) is 6.31. The number of unbranched alkanes of at least 4 members (excludes halogenated alkanes) is 4. The van der Waals surface area contributed by atoms with Gasteiger partial charge in [0, 0.05) is 11.9 Å². The van der Waals surface area contributed by atoms with E-state index in [0.717, 1.165) is 5.70 Å². The molecule has 16 heavy (non-hydrogen) atoms. The molecule has 0 spiro atoms. The smallest absolute Gasteiger partial charge is 0.0296 e. The Morgan fingerprint density at radius 2 is 1.44 bits per heavy atom. The summed E-state index contributed by atoms with van der Waals surface area (Å²) in [5.74, 6) is 0. The average Bonchev–Trinajstić information content (AvgIpc) is 2.20. The van der Waals surface area contributed by atoms with Crippen molar-refractivity contribution >= 4 is 6.21 Å². The van der Waals surface area contributed by atoms with Gasteiger partial charge in [-0.2, -0.15) is 0 Å². The predicted octanol–water partition coefficient (Wildman–Crippen LogP) is 5.78. The summed E-state index contributed by atoms with van der Waals surface area (Å²) in [7, 11) is 0. The molecule has 0 aromatic carbocycles. The van der Waals surface area contributed by atoms with Crippen LogP contribution < -0.4 is 0 Å². The van der Waals surface area contributed by atoms with Crippen molar-refractivity contribution in [2.45, 2.75) is 66.7 Å². The van der Waals surface area contributed by atoms with E-state index in [1.807, 2.05) is 20.8 Å². The summed E-state index contributed by atoms with van der Waals surface area (Å²) in [5.41, 5.74) is 0.859. The number of nitrogens with zero attached hydrogens (tertiary/aromatic N) is 1. The molecule has 0 aromatic heterocycles. The molecule has 0 aliphatic rings. The topological polar surface area (TPSA) is 12.4 Å². The van der Waals surface area contributed by atoms with E-state index < -0.39 is 0 Å². The van der Waals surface area contributed by atoms with Crippen molar-refractivity contribution in [3.63, 3.8) is 0 Å². The molecular weight excluding hydrogens is 194 g/mol. The highest BCUT2D eigenvalue weighted by Crippen LogP contribution is 2.00. The Hall–Kier alpha value is -0.850. The molecule has 0 aliphatic heterocycles. The molecular formula is C15H31N. The molecule has 0 aromatic rings. The van der Waals surface area contributed by atoms with Gasteiger partial charge in [-0.05, 0) is 20.8 Å². The van der Waals surface area contributed by atoms with Crippen LogP contribution >= 0.6 is 0 Å². The lowest BCUT2D eigenvalue weighted by molar-refractivity contribution is 0.656. The second kappa shape index (κ2) is 23.8. The van der Waals surface area contributed by atoms with Crippen LogP contribution in [-0.2, 0) is 0 Å². The monoisotopic (exact) mass is 225 g/mol. The van der Waals surface area contributed by atoms with Crippen LogP contribution in [0.2, 0.25) is 0 Å². The second-order valence-corrected chi connectivity index (χ2v) is 3.59. The van der Waals surface area contributed by atoms with Crippen molar-refractivity contribution in [2.75, 3.05) is 0 Å². The minimum absolute atomic E-state index is 0.859. The van der Waals surface area contributed by atoms with Gasteiger partial charge in [-0.3, -0.25) is 4.99 Å². The van der Waals surface area contributed by atoms with Gasteiger partial charge < -0.3 is 0 Å². The Kier molecular flexibility index (Phi) is 30.5. The van der Waals surface area contributed by atoms with E-state index in [4.69, 9.17) is 0 Å². The summed E-state index contributed by atoms with van der Waals surface area (Å²) in [4.78, 5) is 3.81. The summed E-state index contributed by atoms with van der Waals surface area (Å²) in [6, 6.07) is 0. The van der Waals surface area contributed by atoms with E-state index >= 15 is 0 Å².